The van der Waals surface area contributed by atoms with E-state index < -0.39 is 5.91 Å². The molecule has 1 amide bonds. The number of fused-ring (bicyclic) bond motifs is 1. The lowest BCUT2D eigenvalue weighted by Crippen LogP contribution is -2.12. The first kappa shape index (κ1) is 9.08. The van der Waals surface area contributed by atoms with Gasteiger partial charge in [0.15, 0.2) is 0 Å². The maximum absolute atomic E-state index is 11.1. The van der Waals surface area contributed by atoms with Crippen molar-refractivity contribution in [1.29, 1.82) is 0 Å². The van der Waals surface area contributed by atoms with Crippen LogP contribution >= 0.6 is 15.9 Å². The van der Waals surface area contributed by atoms with Crippen LogP contribution in [0.25, 0.3) is 10.9 Å². The fourth-order valence-electron chi connectivity index (χ4n) is 1.45. The van der Waals surface area contributed by atoms with Gasteiger partial charge in [-0.2, -0.15) is 0 Å². The molecule has 0 unspecified atom stereocenters. The second kappa shape index (κ2) is 3.02. The Labute approximate surface area is 88.4 Å². The van der Waals surface area contributed by atoms with E-state index in [2.05, 4.69) is 20.9 Å². The van der Waals surface area contributed by atoms with Gasteiger partial charge in [0.05, 0.1) is 5.56 Å². The van der Waals surface area contributed by atoms with Gasteiger partial charge in [0.25, 0.3) is 5.91 Å². The zero-order valence-corrected chi connectivity index (χ0v) is 8.76. The number of carbonyl (C=O) groups excluding carboxylic acids is 1. The second-order valence-corrected chi connectivity index (χ2v) is 3.88. The minimum absolute atomic E-state index is 0.311. The van der Waals surface area contributed by atoms with Crippen molar-refractivity contribution in [2.75, 3.05) is 5.73 Å². The molecule has 0 aliphatic rings. The summed E-state index contributed by atoms with van der Waals surface area (Å²) in [5.74, 6) is -0.211. The summed E-state index contributed by atoms with van der Waals surface area (Å²) in [6.45, 7) is 0. The fraction of sp³-hybridized carbons (Fsp3) is 0. The molecule has 0 aliphatic heterocycles. The van der Waals surface area contributed by atoms with Crippen molar-refractivity contribution in [1.82, 2.24) is 4.98 Å². The number of hydrogen-bond donors (Lipinski definition) is 3. The van der Waals surface area contributed by atoms with Crippen LogP contribution in [0.5, 0.6) is 0 Å². The molecule has 5 heteroatoms. The molecule has 0 saturated heterocycles. The van der Waals surface area contributed by atoms with Crippen LogP contribution in [-0.2, 0) is 0 Å². The third-order valence-electron chi connectivity index (χ3n) is 2.04. The third kappa shape index (κ3) is 1.26. The number of primary amides is 1. The van der Waals surface area contributed by atoms with E-state index in [-0.39, 0.29) is 0 Å². The third-order valence-corrected chi connectivity index (χ3v) is 2.53. The van der Waals surface area contributed by atoms with Crippen molar-refractivity contribution < 1.29 is 4.79 Å². The number of hydrogen-bond acceptors (Lipinski definition) is 2. The van der Waals surface area contributed by atoms with Gasteiger partial charge in [0.2, 0.25) is 0 Å². The van der Waals surface area contributed by atoms with E-state index in [1.54, 1.807) is 0 Å². The maximum Gasteiger partial charge on any atom is 0.253 e. The first-order valence-corrected chi connectivity index (χ1v) is 4.75. The van der Waals surface area contributed by atoms with Crippen molar-refractivity contribution >= 4 is 38.6 Å². The molecule has 0 saturated carbocycles. The van der Waals surface area contributed by atoms with E-state index in [1.807, 2.05) is 18.2 Å². The first-order valence-electron chi connectivity index (χ1n) is 3.96. The van der Waals surface area contributed by atoms with E-state index in [1.165, 1.54) is 0 Å². The van der Waals surface area contributed by atoms with Gasteiger partial charge in [0.1, 0.15) is 5.82 Å². The highest BCUT2D eigenvalue weighted by Crippen LogP contribution is 2.26. The Morgan fingerprint density at radius 1 is 1.43 bits per heavy atom. The Balaban J connectivity index is 2.86. The van der Waals surface area contributed by atoms with E-state index >= 15 is 0 Å². The van der Waals surface area contributed by atoms with Crippen LogP contribution in [0.2, 0.25) is 0 Å². The number of benzene rings is 1. The van der Waals surface area contributed by atoms with Crippen LogP contribution in [0.1, 0.15) is 10.4 Å². The molecule has 1 aromatic heterocycles. The molecular formula is C9H8BrN3O. The number of H-pyrrole nitrogens is 1. The Morgan fingerprint density at radius 2 is 2.14 bits per heavy atom. The molecule has 14 heavy (non-hydrogen) atoms. The predicted molar refractivity (Wildman–Crippen MR) is 58.9 cm³/mol. The molecule has 1 aromatic carbocycles. The van der Waals surface area contributed by atoms with E-state index in [0.29, 0.717) is 11.4 Å². The first-order chi connectivity index (χ1) is 6.59. The van der Waals surface area contributed by atoms with Crippen LogP contribution in [0.4, 0.5) is 5.82 Å². The molecule has 0 atom stereocenters. The minimum Gasteiger partial charge on any atom is -0.385 e. The lowest BCUT2D eigenvalue weighted by Gasteiger charge is -1.94. The smallest absolute Gasteiger partial charge is 0.253 e. The number of aromatic nitrogens is 1. The Bertz CT molecular complexity index is 518. The normalized spacial score (nSPS) is 10.6. The maximum atomic E-state index is 11.1. The average molecular weight is 254 g/mol. The SMILES string of the molecule is NC(=O)c1c(N)[nH]c2ccc(Br)cc12. The Hall–Kier alpha value is -1.49. The van der Waals surface area contributed by atoms with Crippen LogP contribution < -0.4 is 11.5 Å². The highest BCUT2D eigenvalue weighted by Gasteiger charge is 2.13. The standard InChI is InChI=1S/C9H8BrN3O/c10-4-1-2-6-5(3-4)7(9(12)14)8(11)13-6/h1-3,13H,11H2,(H2,12,14). The molecule has 0 bridgehead atoms. The number of aromatic amines is 1. The number of rotatable bonds is 1. The van der Waals surface area contributed by atoms with E-state index in [9.17, 15) is 4.79 Å². The molecule has 5 N–H and O–H groups in total. The summed E-state index contributed by atoms with van der Waals surface area (Å²) in [5, 5.41) is 0.740. The minimum atomic E-state index is -0.521. The van der Waals surface area contributed by atoms with Gasteiger partial charge < -0.3 is 16.5 Å². The van der Waals surface area contributed by atoms with Crippen molar-refractivity contribution in [3.05, 3.63) is 28.2 Å². The van der Waals surface area contributed by atoms with Crippen LogP contribution in [0.3, 0.4) is 0 Å². The molecule has 1 heterocycles. The number of nitrogens with one attached hydrogen (secondary N) is 1. The summed E-state index contributed by atoms with van der Waals surface area (Å²) in [7, 11) is 0. The van der Waals surface area contributed by atoms with Crippen LogP contribution in [-0.4, -0.2) is 10.9 Å². The number of amides is 1. The molecule has 0 fully saturated rings. The van der Waals surface area contributed by atoms with Gasteiger partial charge >= 0.3 is 0 Å². The number of anilines is 1. The lowest BCUT2D eigenvalue weighted by atomic mass is 10.1. The molecule has 2 aromatic rings. The van der Waals surface area contributed by atoms with Crippen LogP contribution in [0.15, 0.2) is 22.7 Å². The zero-order valence-electron chi connectivity index (χ0n) is 7.17. The van der Waals surface area contributed by atoms with E-state index in [0.717, 1.165) is 15.4 Å². The Morgan fingerprint density at radius 3 is 2.79 bits per heavy atom. The van der Waals surface area contributed by atoms with Gasteiger partial charge in [-0.1, -0.05) is 15.9 Å². The number of nitrogens with two attached hydrogens (primary N) is 2. The monoisotopic (exact) mass is 253 g/mol. The summed E-state index contributed by atoms with van der Waals surface area (Å²) in [6.07, 6.45) is 0. The van der Waals surface area contributed by atoms with Crippen molar-refractivity contribution in [2.24, 2.45) is 5.73 Å². The second-order valence-electron chi connectivity index (χ2n) is 2.97. The van der Waals surface area contributed by atoms with Gasteiger partial charge in [-0.05, 0) is 18.2 Å². The topological polar surface area (TPSA) is 84.9 Å². The summed E-state index contributed by atoms with van der Waals surface area (Å²) in [6, 6.07) is 5.51. The van der Waals surface area contributed by atoms with E-state index in [4.69, 9.17) is 11.5 Å². The summed E-state index contributed by atoms with van der Waals surface area (Å²) >= 11 is 3.32. The fourth-order valence-corrected chi connectivity index (χ4v) is 1.81. The molecule has 2 rings (SSSR count). The van der Waals surface area contributed by atoms with Gasteiger partial charge in [-0.15, -0.1) is 0 Å². The van der Waals surface area contributed by atoms with Crippen molar-refractivity contribution in [3.63, 3.8) is 0 Å². The molecule has 0 aliphatic carbocycles. The number of halogens is 1. The van der Waals surface area contributed by atoms with Gasteiger partial charge in [0, 0.05) is 15.4 Å². The molecule has 72 valence electrons. The summed E-state index contributed by atoms with van der Waals surface area (Å²) in [4.78, 5) is 14.0. The number of nitrogen functional groups attached to an aromatic ring is 1. The molecule has 4 nitrogen and oxygen atoms in total. The number of carbonyl (C=O) groups is 1. The summed E-state index contributed by atoms with van der Waals surface area (Å²) < 4.78 is 0.881. The van der Waals surface area contributed by atoms with Crippen molar-refractivity contribution in [3.8, 4) is 0 Å². The van der Waals surface area contributed by atoms with Crippen molar-refractivity contribution in [2.45, 2.75) is 0 Å². The molecule has 0 radical (unpaired) electrons. The van der Waals surface area contributed by atoms with Crippen LogP contribution in [0, 0.1) is 0 Å². The molecule has 0 spiro atoms. The largest absolute Gasteiger partial charge is 0.385 e. The highest BCUT2D eigenvalue weighted by molar-refractivity contribution is 9.10. The Kier molecular flexibility index (Phi) is 1.96. The summed E-state index contributed by atoms with van der Waals surface area (Å²) in [5.41, 5.74) is 12.0. The highest BCUT2D eigenvalue weighted by atomic mass is 79.9. The zero-order chi connectivity index (χ0) is 10.3. The quantitative estimate of drug-likeness (QED) is 0.722. The average Bonchev–Trinajstić information content (AvgIpc) is 2.40. The predicted octanol–water partition coefficient (Wildman–Crippen LogP) is 1.61. The lowest BCUT2D eigenvalue weighted by molar-refractivity contribution is 0.100. The van der Waals surface area contributed by atoms with Gasteiger partial charge in [-0.3, -0.25) is 4.79 Å². The van der Waals surface area contributed by atoms with Gasteiger partial charge in [-0.25, -0.2) is 0 Å². The molecular weight excluding hydrogens is 246 g/mol.